The predicted molar refractivity (Wildman–Crippen MR) is 287 cm³/mol. The largest absolute Gasteiger partial charge is 0.462 e. The summed E-state index contributed by atoms with van der Waals surface area (Å²) in [6, 6.07) is -0.716. The van der Waals surface area contributed by atoms with Gasteiger partial charge in [-0.05, 0) is 89.9 Å². The second-order valence-corrected chi connectivity index (χ2v) is 19.7. The number of hydrogen-bond donors (Lipinski definition) is 3. The van der Waals surface area contributed by atoms with Crippen LogP contribution in [0, 0.1) is 0 Å². The third kappa shape index (κ3) is 48.3. The molecule has 6 nitrogen and oxygen atoms in total. The van der Waals surface area contributed by atoms with Gasteiger partial charge in [-0.2, -0.15) is 0 Å². The maximum atomic E-state index is 13.3. The number of rotatable bonds is 52. The molecule has 0 fully saturated rings. The molecular formula is C60H111NO5. The van der Waals surface area contributed by atoms with Crippen LogP contribution in [0.25, 0.3) is 0 Å². The summed E-state index contributed by atoms with van der Waals surface area (Å²) in [4.78, 5) is 26.3. The van der Waals surface area contributed by atoms with E-state index in [0.717, 1.165) is 77.0 Å². The van der Waals surface area contributed by atoms with Gasteiger partial charge in [0.2, 0.25) is 5.91 Å². The van der Waals surface area contributed by atoms with Crippen molar-refractivity contribution in [3.63, 3.8) is 0 Å². The zero-order valence-electron chi connectivity index (χ0n) is 44.1. The SMILES string of the molecule is CCCCC/C=C\C/C=C\C/C=C\CCCCC(CC(=O)NC(CO)C(O)CCCCCCCCCCCCCCCC)OC(=O)CCCCCCC/C=C/CCCCCCCCCCC. The number of nitrogens with one attached hydrogen (secondary N) is 1. The van der Waals surface area contributed by atoms with Crippen molar-refractivity contribution in [2.24, 2.45) is 0 Å². The molecule has 386 valence electrons. The summed E-state index contributed by atoms with van der Waals surface area (Å²) in [5, 5.41) is 23.9. The summed E-state index contributed by atoms with van der Waals surface area (Å²) in [5.74, 6) is -0.511. The number of ether oxygens (including phenoxy) is 1. The van der Waals surface area contributed by atoms with Crippen LogP contribution >= 0.6 is 0 Å². The van der Waals surface area contributed by atoms with Crippen molar-refractivity contribution in [1.29, 1.82) is 0 Å². The second kappa shape index (κ2) is 53.8. The fourth-order valence-corrected chi connectivity index (χ4v) is 8.73. The molecule has 0 aromatic heterocycles. The quantitative estimate of drug-likeness (QED) is 0.0321. The average Bonchev–Trinajstić information content (AvgIpc) is 3.31. The van der Waals surface area contributed by atoms with E-state index in [4.69, 9.17) is 4.74 Å². The molecule has 0 aliphatic rings. The minimum Gasteiger partial charge on any atom is -0.462 e. The highest BCUT2D eigenvalue weighted by Gasteiger charge is 2.24. The van der Waals surface area contributed by atoms with E-state index in [1.807, 2.05) is 0 Å². The molecule has 0 spiro atoms. The maximum Gasteiger partial charge on any atom is 0.306 e. The van der Waals surface area contributed by atoms with E-state index in [0.29, 0.717) is 19.3 Å². The summed E-state index contributed by atoms with van der Waals surface area (Å²) in [6.45, 7) is 6.47. The summed E-state index contributed by atoms with van der Waals surface area (Å²) in [6.07, 6.45) is 66.0. The van der Waals surface area contributed by atoms with Crippen molar-refractivity contribution in [3.8, 4) is 0 Å². The van der Waals surface area contributed by atoms with Crippen LogP contribution < -0.4 is 5.32 Å². The molecule has 0 rings (SSSR count). The lowest BCUT2D eigenvalue weighted by molar-refractivity contribution is -0.151. The molecule has 0 aromatic carbocycles. The molecule has 0 aliphatic carbocycles. The molecule has 1 amide bonds. The fourth-order valence-electron chi connectivity index (χ4n) is 8.73. The summed E-state index contributed by atoms with van der Waals surface area (Å²) >= 11 is 0. The number of carbonyl (C=O) groups excluding carboxylic acids is 2. The van der Waals surface area contributed by atoms with E-state index in [2.05, 4.69) is 74.7 Å². The molecule has 3 atom stereocenters. The van der Waals surface area contributed by atoms with Gasteiger partial charge in [0.1, 0.15) is 6.10 Å². The summed E-state index contributed by atoms with van der Waals surface area (Å²) < 4.78 is 5.94. The molecule has 0 aliphatic heterocycles. The van der Waals surface area contributed by atoms with Gasteiger partial charge in [0, 0.05) is 6.42 Å². The van der Waals surface area contributed by atoms with Crippen molar-refractivity contribution in [1.82, 2.24) is 5.32 Å². The van der Waals surface area contributed by atoms with E-state index in [-0.39, 0.29) is 24.9 Å². The summed E-state index contributed by atoms with van der Waals surface area (Å²) in [5.41, 5.74) is 0. The van der Waals surface area contributed by atoms with Gasteiger partial charge < -0.3 is 20.3 Å². The van der Waals surface area contributed by atoms with Crippen LogP contribution in [0.4, 0.5) is 0 Å². The van der Waals surface area contributed by atoms with E-state index in [1.54, 1.807) is 0 Å². The van der Waals surface area contributed by atoms with Crippen molar-refractivity contribution in [3.05, 3.63) is 48.6 Å². The Kier molecular flexibility index (Phi) is 52.0. The Bertz CT molecular complexity index is 1130. The zero-order chi connectivity index (χ0) is 48.1. The van der Waals surface area contributed by atoms with Crippen LogP contribution in [0.15, 0.2) is 48.6 Å². The molecule has 66 heavy (non-hydrogen) atoms. The number of aliphatic hydroxyl groups excluding tert-OH is 2. The highest BCUT2D eigenvalue weighted by Crippen LogP contribution is 2.18. The lowest BCUT2D eigenvalue weighted by atomic mass is 10.0. The first-order chi connectivity index (χ1) is 32.5. The average molecular weight is 927 g/mol. The number of allylic oxidation sites excluding steroid dienone is 8. The molecule has 0 heterocycles. The number of unbranched alkanes of at least 4 members (excludes halogenated alkanes) is 32. The topological polar surface area (TPSA) is 95.9 Å². The first kappa shape index (κ1) is 63.8. The Labute approximate surface area is 410 Å². The number of amides is 1. The lowest BCUT2D eigenvalue weighted by Gasteiger charge is -2.24. The highest BCUT2D eigenvalue weighted by molar-refractivity contribution is 5.77. The standard InChI is InChI=1S/C60H111NO5/c1-4-7-10-13-16-19-22-25-28-29-30-32-35-38-41-44-47-50-53-60(65)66-56(51-48-45-42-39-36-33-31-26-23-20-17-14-11-8-5-2)54-59(64)61-57(55-62)58(63)52-49-46-43-40-37-34-27-24-21-18-15-12-9-6-3/h17,20,26,30-32,36,39,56-58,62-63H,4-16,18-19,21-25,27-29,33-35,37-38,40-55H2,1-3H3,(H,61,64)/b20-17-,31-26-,32-30+,39-36-. The Hall–Kier alpha value is -2.18. The van der Waals surface area contributed by atoms with Gasteiger partial charge in [-0.25, -0.2) is 0 Å². The van der Waals surface area contributed by atoms with Crippen LogP contribution in [0.2, 0.25) is 0 Å². The van der Waals surface area contributed by atoms with Crippen LogP contribution in [0.1, 0.15) is 297 Å². The van der Waals surface area contributed by atoms with Gasteiger partial charge >= 0.3 is 5.97 Å². The van der Waals surface area contributed by atoms with Crippen LogP contribution in [0.5, 0.6) is 0 Å². The minimum absolute atomic E-state index is 0.0497. The van der Waals surface area contributed by atoms with Crippen molar-refractivity contribution in [2.75, 3.05) is 6.61 Å². The molecule has 0 saturated heterocycles. The number of hydrogen-bond acceptors (Lipinski definition) is 5. The van der Waals surface area contributed by atoms with Gasteiger partial charge in [0.15, 0.2) is 0 Å². The summed E-state index contributed by atoms with van der Waals surface area (Å²) in [7, 11) is 0. The van der Waals surface area contributed by atoms with Gasteiger partial charge in [-0.1, -0.05) is 243 Å². The number of aliphatic hydroxyl groups is 2. The van der Waals surface area contributed by atoms with Crippen molar-refractivity contribution in [2.45, 2.75) is 315 Å². The third-order valence-corrected chi connectivity index (χ3v) is 13.1. The van der Waals surface area contributed by atoms with E-state index >= 15 is 0 Å². The third-order valence-electron chi connectivity index (χ3n) is 13.1. The Morgan fingerprint density at radius 1 is 0.439 bits per heavy atom. The zero-order valence-corrected chi connectivity index (χ0v) is 44.1. The molecule has 6 heteroatoms. The normalized spacial score (nSPS) is 13.5. The van der Waals surface area contributed by atoms with Gasteiger partial charge in [0.05, 0.1) is 25.2 Å². The number of esters is 1. The Morgan fingerprint density at radius 3 is 1.23 bits per heavy atom. The molecule has 0 aromatic rings. The second-order valence-electron chi connectivity index (χ2n) is 19.7. The molecular weight excluding hydrogens is 815 g/mol. The first-order valence-corrected chi connectivity index (χ1v) is 28.9. The highest BCUT2D eigenvalue weighted by atomic mass is 16.5. The molecule has 3 unspecified atom stereocenters. The molecule has 0 saturated carbocycles. The lowest BCUT2D eigenvalue weighted by Crippen LogP contribution is -2.46. The first-order valence-electron chi connectivity index (χ1n) is 28.9. The van der Waals surface area contributed by atoms with E-state index < -0.39 is 18.2 Å². The smallest absolute Gasteiger partial charge is 0.306 e. The Balaban J connectivity index is 4.60. The van der Waals surface area contributed by atoms with Gasteiger partial charge in [-0.15, -0.1) is 0 Å². The van der Waals surface area contributed by atoms with Crippen molar-refractivity contribution < 1.29 is 24.5 Å². The fraction of sp³-hybridized carbons (Fsp3) is 0.833. The van der Waals surface area contributed by atoms with Gasteiger partial charge in [-0.3, -0.25) is 9.59 Å². The van der Waals surface area contributed by atoms with Crippen LogP contribution in [-0.2, 0) is 14.3 Å². The molecule has 3 N–H and O–H groups in total. The Morgan fingerprint density at radius 2 is 0.773 bits per heavy atom. The minimum atomic E-state index is -0.800. The van der Waals surface area contributed by atoms with Crippen molar-refractivity contribution >= 4 is 11.9 Å². The number of carbonyl (C=O) groups is 2. The molecule has 0 radical (unpaired) electrons. The van der Waals surface area contributed by atoms with Crippen LogP contribution in [-0.4, -0.2) is 46.9 Å². The molecule has 0 bridgehead atoms. The van der Waals surface area contributed by atoms with Crippen LogP contribution in [0.3, 0.4) is 0 Å². The van der Waals surface area contributed by atoms with Gasteiger partial charge in [0.25, 0.3) is 0 Å². The maximum absolute atomic E-state index is 13.3. The van der Waals surface area contributed by atoms with E-state index in [9.17, 15) is 19.8 Å². The monoisotopic (exact) mass is 926 g/mol. The van der Waals surface area contributed by atoms with E-state index in [1.165, 1.54) is 173 Å². The predicted octanol–water partition coefficient (Wildman–Crippen LogP) is 17.8.